The van der Waals surface area contributed by atoms with Crippen LogP contribution >= 0.6 is 0 Å². The zero-order valence-corrected chi connectivity index (χ0v) is 10.5. The Hall–Kier alpha value is -0.870. The summed E-state index contributed by atoms with van der Waals surface area (Å²) in [4.78, 5) is 14.3. The molecule has 1 saturated heterocycles. The summed E-state index contributed by atoms with van der Waals surface area (Å²) in [6.45, 7) is 2.97. The van der Waals surface area contributed by atoms with Gasteiger partial charge in [0.2, 0.25) is 5.91 Å². The van der Waals surface area contributed by atoms with E-state index in [4.69, 9.17) is 4.74 Å². The highest BCUT2D eigenvalue weighted by Gasteiger charge is 2.28. The van der Waals surface area contributed by atoms with Crippen LogP contribution in [0.3, 0.4) is 0 Å². The van der Waals surface area contributed by atoms with Gasteiger partial charge in [0.15, 0.2) is 0 Å². The molecule has 1 fully saturated rings. The molecule has 0 bridgehead atoms. The Kier molecular flexibility index (Phi) is 4.57. The molecular formula is C13H22N2O2. The van der Waals surface area contributed by atoms with Crippen LogP contribution in [0.4, 0.5) is 0 Å². The SMILES string of the molecule is CNCC1CN(C(=O)C2CC=CCC2)CCO1. The van der Waals surface area contributed by atoms with Crippen molar-refractivity contribution in [3.63, 3.8) is 0 Å². The first-order valence-corrected chi connectivity index (χ1v) is 6.51. The van der Waals surface area contributed by atoms with Crippen molar-refractivity contribution in [1.29, 1.82) is 0 Å². The number of nitrogens with zero attached hydrogens (tertiary/aromatic N) is 1. The fraction of sp³-hybridized carbons (Fsp3) is 0.769. The highest BCUT2D eigenvalue weighted by Crippen LogP contribution is 2.21. The molecule has 0 aromatic heterocycles. The molecule has 1 aliphatic heterocycles. The number of morpholine rings is 1. The van der Waals surface area contributed by atoms with Crippen LogP contribution in [-0.4, -0.2) is 50.2 Å². The monoisotopic (exact) mass is 238 g/mol. The highest BCUT2D eigenvalue weighted by atomic mass is 16.5. The first-order chi connectivity index (χ1) is 8.31. The Morgan fingerprint density at radius 2 is 2.41 bits per heavy atom. The second kappa shape index (κ2) is 6.17. The summed E-state index contributed by atoms with van der Waals surface area (Å²) in [5.41, 5.74) is 0. The zero-order valence-electron chi connectivity index (χ0n) is 10.5. The minimum atomic E-state index is 0.150. The van der Waals surface area contributed by atoms with Crippen molar-refractivity contribution in [2.24, 2.45) is 5.92 Å². The molecule has 4 heteroatoms. The minimum Gasteiger partial charge on any atom is -0.373 e. The number of carbonyl (C=O) groups excluding carboxylic acids is 1. The van der Waals surface area contributed by atoms with Gasteiger partial charge >= 0.3 is 0 Å². The van der Waals surface area contributed by atoms with Crippen LogP contribution in [0.2, 0.25) is 0 Å². The topological polar surface area (TPSA) is 41.6 Å². The smallest absolute Gasteiger partial charge is 0.226 e. The van der Waals surface area contributed by atoms with Crippen molar-refractivity contribution in [3.05, 3.63) is 12.2 Å². The number of allylic oxidation sites excluding steroid dienone is 2. The number of rotatable bonds is 3. The number of nitrogens with one attached hydrogen (secondary N) is 1. The fourth-order valence-electron chi connectivity index (χ4n) is 2.55. The molecule has 0 saturated carbocycles. The van der Waals surface area contributed by atoms with E-state index in [0.717, 1.165) is 38.9 Å². The maximum Gasteiger partial charge on any atom is 0.226 e. The van der Waals surface area contributed by atoms with E-state index >= 15 is 0 Å². The summed E-state index contributed by atoms with van der Waals surface area (Å²) in [6.07, 6.45) is 7.42. The van der Waals surface area contributed by atoms with Crippen LogP contribution < -0.4 is 5.32 Å². The van der Waals surface area contributed by atoms with Gasteiger partial charge in [-0.3, -0.25) is 4.79 Å². The first-order valence-electron chi connectivity index (χ1n) is 6.51. The van der Waals surface area contributed by atoms with Crippen LogP contribution in [0.15, 0.2) is 12.2 Å². The van der Waals surface area contributed by atoms with Crippen molar-refractivity contribution in [2.45, 2.75) is 25.4 Å². The average Bonchev–Trinajstić information content (AvgIpc) is 2.40. The fourth-order valence-corrected chi connectivity index (χ4v) is 2.55. The van der Waals surface area contributed by atoms with Crippen LogP contribution in [0.1, 0.15) is 19.3 Å². The maximum absolute atomic E-state index is 12.3. The molecule has 4 nitrogen and oxygen atoms in total. The Bertz CT molecular complexity index is 289. The minimum absolute atomic E-state index is 0.150. The normalized spacial score (nSPS) is 29.4. The lowest BCUT2D eigenvalue weighted by Gasteiger charge is -2.35. The van der Waals surface area contributed by atoms with Gasteiger partial charge in [0.25, 0.3) is 0 Å². The van der Waals surface area contributed by atoms with Crippen LogP contribution in [-0.2, 0) is 9.53 Å². The van der Waals surface area contributed by atoms with E-state index in [1.165, 1.54) is 0 Å². The van der Waals surface area contributed by atoms with Crippen LogP contribution in [0.25, 0.3) is 0 Å². The molecule has 0 aromatic carbocycles. The summed E-state index contributed by atoms with van der Waals surface area (Å²) in [5.74, 6) is 0.520. The summed E-state index contributed by atoms with van der Waals surface area (Å²) in [5, 5.41) is 3.10. The Morgan fingerprint density at radius 3 is 3.12 bits per heavy atom. The summed E-state index contributed by atoms with van der Waals surface area (Å²) in [6, 6.07) is 0. The number of ether oxygens (including phenoxy) is 1. The molecule has 1 amide bonds. The van der Waals surface area contributed by atoms with E-state index in [9.17, 15) is 4.79 Å². The second-order valence-electron chi connectivity index (χ2n) is 4.82. The number of carbonyl (C=O) groups is 1. The summed E-state index contributed by atoms with van der Waals surface area (Å²) in [7, 11) is 1.91. The van der Waals surface area contributed by atoms with E-state index in [-0.39, 0.29) is 12.0 Å². The maximum atomic E-state index is 12.3. The van der Waals surface area contributed by atoms with Crippen molar-refractivity contribution < 1.29 is 9.53 Å². The standard InChI is InChI=1S/C13H22N2O2/c1-14-9-12-10-15(7-8-17-12)13(16)11-5-3-2-4-6-11/h2-3,11-12,14H,4-10H2,1H3. The summed E-state index contributed by atoms with van der Waals surface area (Å²) < 4.78 is 5.62. The van der Waals surface area contributed by atoms with E-state index < -0.39 is 0 Å². The zero-order chi connectivity index (χ0) is 12.1. The largest absolute Gasteiger partial charge is 0.373 e. The van der Waals surface area contributed by atoms with Gasteiger partial charge in [0, 0.05) is 25.6 Å². The molecule has 96 valence electrons. The van der Waals surface area contributed by atoms with Crippen molar-refractivity contribution >= 4 is 5.91 Å². The molecule has 2 unspecified atom stereocenters. The molecule has 2 atom stereocenters. The molecule has 1 heterocycles. The predicted octanol–water partition coefficient (Wildman–Crippen LogP) is 0.789. The molecule has 1 aliphatic carbocycles. The lowest BCUT2D eigenvalue weighted by molar-refractivity contribution is -0.143. The third-order valence-corrected chi connectivity index (χ3v) is 3.50. The number of hydrogen-bond acceptors (Lipinski definition) is 3. The van der Waals surface area contributed by atoms with Crippen molar-refractivity contribution in [3.8, 4) is 0 Å². The molecule has 17 heavy (non-hydrogen) atoms. The summed E-state index contributed by atoms with van der Waals surface area (Å²) >= 11 is 0. The van der Waals surface area contributed by atoms with Gasteiger partial charge in [-0.05, 0) is 26.3 Å². The van der Waals surface area contributed by atoms with Gasteiger partial charge in [-0.15, -0.1) is 0 Å². The number of amides is 1. The van der Waals surface area contributed by atoms with E-state index in [0.29, 0.717) is 12.5 Å². The Balaban J connectivity index is 1.87. The molecule has 0 radical (unpaired) electrons. The third-order valence-electron chi connectivity index (χ3n) is 3.50. The van der Waals surface area contributed by atoms with Crippen LogP contribution in [0, 0.1) is 5.92 Å². The van der Waals surface area contributed by atoms with Gasteiger partial charge in [0.1, 0.15) is 0 Å². The second-order valence-corrected chi connectivity index (χ2v) is 4.82. The Morgan fingerprint density at radius 1 is 1.53 bits per heavy atom. The average molecular weight is 238 g/mol. The Labute approximate surface area is 103 Å². The molecule has 2 rings (SSSR count). The quantitative estimate of drug-likeness (QED) is 0.739. The van der Waals surface area contributed by atoms with Gasteiger partial charge in [0.05, 0.1) is 12.7 Å². The van der Waals surface area contributed by atoms with Gasteiger partial charge in [-0.25, -0.2) is 0 Å². The van der Waals surface area contributed by atoms with E-state index in [1.54, 1.807) is 0 Å². The number of likely N-dealkylation sites (N-methyl/N-ethyl adjacent to an activating group) is 1. The molecular weight excluding hydrogens is 216 g/mol. The predicted molar refractivity (Wildman–Crippen MR) is 66.7 cm³/mol. The van der Waals surface area contributed by atoms with E-state index in [2.05, 4.69) is 17.5 Å². The third kappa shape index (κ3) is 3.30. The lowest BCUT2D eigenvalue weighted by atomic mass is 9.93. The van der Waals surface area contributed by atoms with E-state index in [1.807, 2.05) is 11.9 Å². The van der Waals surface area contributed by atoms with Gasteiger partial charge in [-0.2, -0.15) is 0 Å². The highest BCUT2D eigenvalue weighted by molar-refractivity contribution is 5.79. The molecule has 1 N–H and O–H groups in total. The number of hydrogen-bond donors (Lipinski definition) is 1. The van der Waals surface area contributed by atoms with Gasteiger partial charge < -0.3 is 15.0 Å². The lowest BCUT2D eigenvalue weighted by Crippen LogP contribution is -2.50. The molecule has 0 spiro atoms. The van der Waals surface area contributed by atoms with Crippen molar-refractivity contribution in [1.82, 2.24) is 10.2 Å². The van der Waals surface area contributed by atoms with Crippen LogP contribution in [0.5, 0.6) is 0 Å². The first kappa shape index (κ1) is 12.6. The molecule has 2 aliphatic rings. The van der Waals surface area contributed by atoms with Crippen molar-refractivity contribution in [2.75, 3.05) is 33.3 Å². The molecule has 0 aromatic rings. The van der Waals surface area contributed by atoms with Gasteiger partial charge in [-0.1, -0.05) is 12.2 Å².